The summed E-state index contributed by atoms with van der Waals surface area (Å²) in [6.45, 7) is 10.6. The number of carbonyl (C=O) groups is 2. The molecule has 3 heteroatoms. The second-order valence-electron chi connectivity index (χ2n) is 10.3. The van der Waals surface area contributed by atoms with Gasteiger partial charge in [-0.15, -0.1) is 0 Å². The van der Waals surface area contributed by atoms with Gasteiger partial charge in [0.15, 0.2) is 5.78 Å². The molecule has 27 heavy (non-hydrogen) atoms. The molecule has 0 heterocycles. The third-order valence-corrected chi connectivity index (χ3v) is 8.92. The van der Waals surface area contributed by atoms with E-state index in [2.05, 4.69) is 32.9 Å². The lowest BCUT2D eigenvalue weighted by molar-refractivity contribution is -0.150. The number of allylic oxidation sites excluding steroid dienone is 3. The molecule has 0 radical (unpaired) electrons. The SMILES string of the molecule is CC(=O)O[C@H]1CC[C@@]2(C)C(=CC[C@]3(C)[C@@H]2CC[C@]2(C)C(C(C)=O)=CC[C@@H]32)C1. The van der Waals surface area contributed by atoms with E-state index < -0.39 is 0 Å². The molecule has 0 aliphatic heterocycles. The normalized spacial score (nSPS) is 45.7. The summed E-state index contributed by atoms with van der Waals surface area (Å²) in [6, 6.07) is 0. The van der Waals surface area contributed by atoms with Gasteiger partial charge in [-0.3, -0.25) is 9.59 Å². The lowest BCUT2D eigenvalue weighted by atomic mass is 9.41. The summed E-state index contributed by atoms with van der Waals surface area (Å²) in [7, 11) is 0. The van der Waals surface area contributed by atoms with Gasteiger partial charge < -0.3 is 4.74 Å². The van der Waals surface area contributed by atoms with Crippen LogP contribution in [0.3, 0.4) is 0 Å². The van der Waals surface area contributed by atoms with Crippen LogP contribution in [-0.4, -0.2) is 17.9 Å². The topological polar surface area (TPSA) is 43.4 Å². The van der Waals surface area contributed by atoms with Gasteiger partial charge in [-0.2, -0.15) is 0 Å². The van der Waals surface area contributed by atoms with Crippen molar-refractivity contribution in [3.63, 3.8) is 0 Å². The summed E-state index contributed by atoms with van der Waals surface area (Å²) < 4.78 is 5.55. The van der Waals surface area contributed by atoms with Crippen molar-refractivity contribution in [3.8, 4) is 0 Å². The van der Waals surface area contributed by atoms with Gasteiger partial charge in [-0.05, 0) is 79.1 Å². The highest BCUT2D eigenvalue weighted by molar-refractivity contribution is 5.95. The Bertz CT molecular complexity index is 747. The molecule has 148 valence electrons. The smallest absolute Gasteiger partial charge is 0.302 e. The van der Waals surface area contributed by atoms with Gasteiger partial charge in [0.2, 0.25) is 0 Å². The second-order valence-corrected chi connectivity index (χ2v) is 10.3. The molecule has 0 aromatic carbocycles. The molecule has 0 aromatic heterocycles. The van der Waals surface area contributed by atoms with Crippen LogP contribution in [-0.2, 0) is 14.3 Å². The maximum atomic E-state index is 12.3. The van der Waals surface area contributed by atoms with Crippen molar-refractivity contribution < 1.29 is 14.3 Å². The zero-order chi connectivity index (χ0) is 19.6. The molecule has 0 aromatic rings. The predicted octanol–water partition coefficient (Wildman–Crippen LogP) is 5.40. The average molecular weight is 371 g/mol. The Balaban J connectivity index is 1.65. The predicted molar refractivity (Wildman–Crippen MR) is 106 cm³/mol. The fraction of sp³-hybridized carbons (Fsp3) is 0.750. The fourth-order valence-electron chi connectivity index (χ4n) is 7.71. The number of Topliss-reactive ketones (excluding diaryl/α,β-unsaturated/α-hetero) is 1. The van der Waals surface area contributed by atoms with Crippen molar-refractivity contribution in [2.75, 3.05) is 0 Å². The molecule has 0 spiro atoms. The molecule has 0 saturated heterocycles. The van der Waals surface area contributed by atoms with E-state index in [1.165, 1.54) is 18.9 Å². The summed E-state index contributed by atoms with van der Waals surface area (Å²) in [5.41, 5.74) is 3.11. The Morgan fingerprint density at radius 2 is 1.70 bits per heavy atom. The minimum atomic E-state index is -0.160. The monoisotopic (exact) mass is 370 g/mol. The molecule has 4 aliphatic carbocycles. The highest BCUT2D eigenvalue weighted by Gasteiger charge is 2.62. The summed E-state index contributed by atoms with van der Waals surface area (Å²) in [4.78, 5) is 23.7. The van der Waals surface area contributed by atoms with Gasteiger partial charge in [-0.1, -0.05) is 38.5 Å². The standard InChI is InChI=1S/C24H34O3/c1-15(25)19-6-7-20-23(19,4)13-10-21-22(3)12-9-18(27-16(2)26)14-17(22)8-11-24(20,21)5/h6,8,18,20-21H,7,9-14H2,1-5H3/t18-,20+,21+,22-,23+,24-/m0/s1. The molecule has 0 bridgehead atoms. The Morgan fingerprint density at radius 1 is 1.00 bits per heavy atom. The van der Waals surface area contributed by atoms with Crippen LogP contribution in [0.25, 0.3) is 0 Å². The van der Waals surface area contributed by atoms with E-state index in [9.17, 15) is 9.59 Å². The quantitative estimate of drug-likeness (QED) is 0.483. The van der Waals surface area contributed by atoms with Crippen LogP contribution in [0.1, 0.15) is 79.6 Å². The first-order valence-corrected chi connectivity index (χ1v) is 10.7. The third-order valence-electron chi connectivity index (χ3n) is 8.92. The first-order valence-electron chi connectivity index (χ1n) is 10.7. The van der Waals surface area contributed by atoms with E-state index in [1.807, 2.05) is 0 Å². The number of rotatable bonds is 2. The van der Waals surface area contributed by atoms with Crippen molar-refractivity contribution in [2.45, 2.75) is 85.7 Å². The molecule has 2 fully saturated rings. The summed E-state index contributed by atoms with van der Waals surface area (Å²) in [5, 5.41) is 0. The van der Waals surface area contributed by atoms with Gasteiger partial charge in [0.1, 0.15) is 6.10 Å². The highest BCUT2D eigenvalue weighted by atomic mass is 16.5. The Kier molecular flexibility index (Phi) is 4.25. The van der Waals surface area contributed by atoms with Crippen molar-refractivity contribution in [3.05, 3.63) is 23.3 Å². The number of hydrogen-bond acceptors (Lipinski definition) is 3. The van der Waals surface area contributed by atoms with Gasteiger partial charge in [0.25, 0.3) is 0 Å². The molecule has 6 atom stereocenters. The third kappa shape index (κ3) is 2.60. The van der Waals surface area contributed by atoms with E-state index in [1.54, 1.807) is 6.92 Å². The van der Waals surface area contributed by atoms with Crippen LogP contribution in [0.5, 0.6) is 0 Å². The highest BCUT2D eigenvalue weighted by Crippen LogP contribution is 2.70. The van der Waals surface area contributed by atoms with Crippen LogP contribution in [0, 0.1) is 28.1 Å². The number of carbonyl (C=O) groups excluding carboxylic acids is 2. The van der Waals surface area contributed by atoms with Gasteiger partial charge in [0, 0.05) is 13.3 Å². The average Bonchev–Trinajstić information content (AvgIpc) is 2.93. The summed E-state index contributed by atoms with van der Waals surface area (Å²) in [5.74, 6) is 1.32. The van der Waals surface area contributed by atoms with Crippen LogP contribution in [0.4, 0.5) is 0 Å². The number of fused-ring (bicyclic) bond motifs is 5. The first kappa shape index (κ1) is 19.0. The minimum Gasteiger partial charge on any atom is -0.462 e. The maximum absolute atomic E-state index is 12.3. The number of esters is 1. The van der Waals surface area contributed by atoms with Crippen molar-refractivity contribution in [1.82, 2.24) is 0 Å². The number of ketones is 1. The van der Waals surface area contributed by atoms with Crippen molar-refractivity contribution >= 4 is 11.8 Å². The molecule has 0 N–H and O–H groups in total. The van der Waals surface area contributed by atoms with Gasteiger partial charge in [0.05, 0.1) is 0 Å². The first-order chi connectivity index (χ1) is 12.6. The molecule has 0 unspecified atom stereocenters. The lowest BCUT2D eigenvalue weighted by Gasteiger charge is -2.63. The zero-order valence-electron chi connectivity index (χ0n) is 17.6. The minimum absolute atomic E-state index is 0.0493. The van der Waals surface area contributed by atoms with Gasteiger partial charge >= 0.3 is 5.97 Å². The van der Waals surface area contributed by atoms with Crippen LogP contribution >= 0.6 is 0 Å². The van der Waals surface area contributed by atoms with Crippen molar-refractivity contribution in [2.24, 2.45) is 28.1 Å². The number of ether oxygens (including phenoxy) is 1. The molecule has 2 saturated carbocycles. The molecule has 4 aliphatic rings. The molecular formula is C24H34O3. The molecule has 3 nitrogen and oxygen atoms in total. The van der Waals surface area contributed by atoms with E-state index in [-0.39, 0.29) is 34.1 Å². The van der Waals surface area contributed by atoms with E-state index in [4.69, 9.17) is 4.74 Å². The Hall–Kier alpha value is -1.38. The second kappa shape index (κ2) is 6.06. The Morgan fingerprint density at radius 3 is 2.37 bits per heavy atom. The fourth-order valence-corrected chi connectivity index (χ4v) is 7.71. The van der Waals surface area contributed by atoms with E-state index in [0.717, 1.165) is 44.1 Å². The summed E-state index contributed by atoms with van der Waals surface area (Å²) in [6.07, 6.45) is 12.2. The molecular weight excluding hydrogens is 336 g/mol. The zero-order valence-corrected chi connectivity index (χ0v) is 17.6. The van der Waals surface area contributed by atoms with E-state index >= 15 is 0 Å². The molecule has 0 amide bonds. The van der Waals surface area contributed by atoms with Crippen LogP contribution < -0.4 is 0 Å². The largest absolute Gasteiger partial charge is 0.462 e. The molecule has 4 rings (SSSR count). The Labute approximate surface area is 163 Å². The van der Waals surface area contributed by atoms with Crippen molar-refractivity contribution in [1.29, 1.82) is 0 Å². The van der Waals surface area contributed by atoms with Crippen LogP contribution in [0.15, 0.2) is 23.3 Å². The number of hydrogen-bond donors (Lipinski definition) is 0. The summed E-state index contributed by atoms with van der Waals surface area (Å²) >= 11 is 0. The van der Waals surface area contributed by atoms with E-state index in [0.29, 0.717) is 11.8 Å². The van der Waals surface area contributed by atoms with Gasteiger partial charge in [-0.25, -0.2) is 0 Å². The maximum Gasteiger partial charge on any atom is 0.302 e. The lowest BCUT2D eigenvalue weighted by Crippen LogP contribution is -2.56. The van der Waals surface area contributed by atoms with Crippen LogP contribution in [0.2, 0.25) is 0 Å².